The first-order valence-corrected chi connectivity index (χ1v) is 6.07. The second-order valence-corrected chi connectivity index (χ2v) is 4.32. The van der Waals surface area contributed by atoms with Crippen LogP contribution >= 0.6 is 0 Å². The molecule has 0 atom stereocenters. The average molecular weight is 281 g/mol. The third kappa shape index (κ3) is 3.07. The fraction of sp³-hybridized carbons (Fsp3) is 0.0625. The SMILES string of the molecule is Cc1occc1C(=O)/C(C#N)=C/c1ccc(C(=O)O)cc1. The third-order valence-electron chi connectivity index (χ3n) is 2.94. The quantitative estimate of drug-likeness (QED) is 0.528. The molecular formula is C16H11NO4. The van der Waals surface area contributed by atoms with Crippen LogP contribution in [0.25, 0.3) is 6.08 Å². The Balaban J connectivity index is 2.33. The molecule has 1 N–H and O–H groups in total. The number of hydrogen-bond donors (Lipinski definition) is 1. The van der Waals surface area contributed by atoms with Gasteiger partial charge in [0, 0.05) is 0 Å². The molecule has 5 nitrogen and oxygen atoms in total. The molecule has 0 radical (unpaired) electrons. The van der Waals surface area contributed by atoms with E-state index in [1.807, 2.05) is 6.07 Å². The molecular weight excluding hydrogens is 270 g/mol. The summed E-state index contributed by atoms with van der Waals surface area (Å²) in [6, 6.07) is 9.27. The smallest absolute Gasteiger partial charge is 0.335 e. The van der Waals surface area contributed by atoms with E-state index in [0.717, 1.165) is 0 Å². The highest BCUT2D eigenvalue weighted by atomic mass is 16.4. The topological polar surface area (TPSA) is 91.3 Å². The third-order valence-corrected chi connectivity index (χ3v) is 2.94. The maximum atomic E-state index is 12.2. The lowest BCUT2D eigenvalue weighted by Crippen LogP contribution is -2.02. The standard InChI is InChI=1S/C16H11NO4/c1-10-14(6-7-21-10)15(18)13(9-17)8-11-2-4-12(5-3-11)16(19)20/h2-8H,1H3,(H,19,20)/b13-8+. The van der Waals surface area contributed by atoms with Gasteiger partial charge in [0.25, 0.3) is 0 Å². The number of allylic oxidation sites excluding steroid dienone is 1. The number of Topliss-reactive ketones (excluding diaryl/α,β-unsaturated/α-hetero) is 1. The number of nitriles is 1. The summed E-state index contributed by atoms with van der Waals surface area (Å²) in [5.41, 5.74) is 1.02. The maximum absolute atomic E-state index is 12.2. The first kappa shape index (κ1) is 14.3. The second-order valence-electron chi connectivity index (χ2n) is 4.32. The predicted octanol–water partition coefficient (Wildman–Crippen LogP) is 3.08. The molecule has 0 aliphatic heterocycles. The monoisotopic (exact) mass is 281 g/mol. The van der Waals surface area contributed by atoms with Crippen LogP contribution in [0.3, 0.4) is 0 Å². The van der Waals surface area contributed by atoms with E-state index in [1.165, 1.54) is 42.7 Å². The van der Waals surface area contributed by atoms with Gasteiger partial charge in [-0.25, -0.2) is 4.79 Å². The van der Waals surface area contributed by atoms with Crippen molar-refractivity contribution < 1.29 is 19.1 Å². The average Bonchev–Trinajstić information content (AvgIpc) is 2.90. The van der Waals surface area contributed by atoms with Crippen LogP contribution in [0.2, 0.25) is 0 Å². The van der Waals surface area contributed by atoms with Crippen LogP contribution in [0.5, 0.6) is 0 Å². The first-order valence-electron chi connectivity index (χ1n) is 6.07. The zero-order valence-corrected chi connectivity index (χ0v) is 11.2. The number of carboxylic acids is 1. The molecule has 0 unspecified atom stereocenters. The fourth-order valence-electron chi connectivity index (χ4n) is 1.80. The number of furan rings is 1. The lowest BCUT2D eigenvalue weighted by atomic mass is 10.0. The molecule has 0 bridgehead atoms. The molecule has 0 fully saturated rings. The summed E-state index contributed by atoms with van der Waals surface area (Å²) in [5, 5.41) is 17.9. The Hall–Kier alpha value is -3.13. The minimum Gasteiger partial charge on any atom is -0.478 e. The van der Waals surface area contributed by atoms with Crippen LogP contribution in [0, 0.1) is 18.3 Å². The Morgan fingerprint density at radius 2 is 1.90 bits per heavy atom. The van der Waals surface area contributed by atoms with E-state index in [-0.39, 0.29) is 11.1 Å². The highest BCUT2D eigenvalue weighted by molar-refractivity contribution is 6.14. The Labute approximate surface area is 120 Å². The number of ketones is 1. The van der Waals surface area contributed by atoms with Crippen molar-refractivity contribution in [1.82, 2.24) is 0 Å². The number of aromatic carboxylic acids is 1. The number of carboxylic acid groups (broad SMARTS) is 1. The van der Waals surface area contributed by atoms with E-state index >= 15 is 0 Å². The van der Waals surface area contributed by atoms with Gasteiger partial charge in [-0.05, 0) is 36.8 Å². The molecule has 0 spiro atoms. The van der Waals surface area contributed by atoms with Crippen LogP contribution in [0.4, 0.5) is 0 Å². The van der Waals surface area contributed by atoms with Gasteiger partial charge in [-0.3, -0.25) is 4.79 Å². The number of aryl methyl sites for hydroxylation is 1. The van der Waals surface area contributed by atoms with Gasteiger partial charge in [-0.1, -0.05) is 12.1 Å². The summed E-state index contributed by atoms with van der Waals surface area (Å²) in [6.07, 6.45) is 2.81. The molecule has 0 aliphatic rings. The summed E-state index contributed by atoms with van der Waals surface area (Å²) in [5.74, 6) is -1.01. The molecule has 21 heavy (non-hydrogen) atoms. The van der Waals surface area contributed by atoms with Gasteiger partial charge in [-0.15, -0.1) is 0 Å². The van der Waals surface area contributed by atoms with Crippen molar-refractivity contribution in [1.29, 1.82) is 5.26 Å². The van der Waals surface area contributed by atoms with Crippen molar-refractivity contribution in [2.24, 2.45) is 0 Å². The van der Waals surface area contributed by atoms with Crippen molar-refractivity contribution in [3.8, 4) is 6.07 Å². The zero-order chi connectivity index (χ0) is 15.4. The first-order chi connectivity index (χ1) is 10.0. The van der Waals surface area contributed by atoms with Crippen molar-refractivity contribution >= 4 is 17.8 Å². The van der Waals surface area contributed by atoms with E-state index in [4.69, 9.17) is 14.8 Å². The van der Waals surface area contributed by atoms with E-state index in [2.05, 4.69) is 0 Å². The lowest BCUT2D eigenvalue weighted by molar-refractivity contribution is 0.0696. The van der Waals surface area contributed by atoms with Crippen molar-refractivity contribution in [2.75, 3.05) is 0 Å². The Morgan fingerprint density at radius 1 is 1.24 bits per heavy atom. The maximum Gasteiger partial charge on any atom is 0.335 e. The molecule has 5 heteroatoms. The molecule has 2 aromatic rings. The highest BCUT2D eigenvalue weighted by Crippen LogP contribution is 2.17. The van der Waals surface area contributed by atoms with Crippen molar-refractivity contribution in [3.63, 3.8) is 0 Å². The summed E-state index contributed by atoms with van der Waals surface area (Å²) >= 11 is 0. The molecule has 1 aromatic heterocycles. The Kier molecular flexibility index (Phi) is 4.00. The molecule has 0 amide bonds. The van der Waals surface area contributed by atoms with Crippen LogP contribution in [-0.2, 0) is 0 Å². The van der Waals surface area contributed by atoms with Crippen LogP contribution in [-0.4, -0.2) is 16.9 Å². The minimum absolute atomic E-state index is 0.0393. The van der Waals surface area contributed by atoms with Gasteiger partial charge in [0.15, 0.2) is 0 Å². The number of rotatable bonds is 4. The Bertz CT molecular complexity index is 760. The molecule has 0 saturated heterocycles. The Morgan fingerprint density at radius 3 is 2.38 bits per heavy atom. The molecule has 2 rings (SSSR count). The van der Waals surface area contributed by atoms with E-state index in [0.29, 0.717) is 16.9 Å². The van der Waals surface area contributed by atoms with Gasteiger partial charge in [0.05, 0.1) is 17.4 Å². The van der Waals surface area contributed by atoms with Crippen LogP contribution in [0.15, 0.2) is 46.6 Å². The van der Waals surface area contributed by atoms with Crippen LogP contribution in [0.1, 0.15) is 32.0 Å². The van der Waals surface area contributed by atoms with Gasteiger partial charge >= 0.3 is 5.97 Å². The summed E-state index contributed by atoms with van der Waals surface area (Å²) < 4.78 is 5.05. The predicted molar refractivity (Wildman–Crippen MR) is 74.8 cm³/mol. The zero-order valence-electron chi connectivity index (χ0n) is 11.2. The largest absolute Gasteiger partial charge is 0.478 e. The summed E-state index contributed by atoms with van der Waals surface area (Å²) in [4.78, 5) is 23.0. The minimum atomic E-state index is -1.03. The number of benzene rings is 1. The molecule has 1 aromatic carbocycles. The highest BCUT2D eigenvalue weighted by Gasteiger charge is 2.16. The molecule has 0 saturated carbocycles. The summed E-state index contributed by atoms with van der Waals surface area (Å²) in [6.45, 7) is 1.64. The van der Waals surface area contributed by atoms with E-state index in [9.17, 15) is 9.59 Å². The van der Waals surface area contributed by atoms with Crippen molar-refractivity contribution in [3.05, 3.63) is 64.6 Å². The molecule has 104 valence electrons. The second kappa shape index (κ2) is 5.88. The summed E-state index contributed by atoms with van der Waals surface area (Å²) in [7, 11) is 0. The molecule has 0 aliphatic carbocycles. The van der Waals surface area contributed by atoms with Gasteiger partial charge < -0.3 is 9.52 Å². The fourth-order valence-corrected chi connectivity index (χ4v) is 1.80. The van der Waals surface area contributed by atoms with Gasteiger partial charge in [0.2, 0.25) is 5.78 Å². The van der Waals surface area contributed by atoms with E-state index < -0.39 is 11.8 Å². The lowest BCUT2D eigenvalue weighted by Gasteiger charge is -1.99. The number of hydrogen-bond acceptors (Lipinski definition) is 4. The van der Waals surface area contributed by atoms with Crippen molar-refractivity contribution in [2.45, 2.75) is 6.92 Å². The van der Waals surface area contributed by atoms with Gasteiger partial charge in [0.1, 0.15) is 17.4 Å². The van der Waals surface area contributed by atoms with E-state index in [1.54, 1.807) is 6.92 Å². The number of nitrogens with zero attached hydrogens (tertiary/aromatic N) is 1. The van der Waals surface area contributed by atoms with Gasteiger partial charge in [-0.2, -0.15) is 5.26 Å². The normalized spacial score (nSPS) is 11.0. The number of carbonyl (C=O) groups excluding carboxylic acids is 1. The number of carbonyl (C=O) groups is 2. The van der Waals surface area contributed by atoms with Crippen LogP contribution < -0.4 is 0 Å². The molecule has 1 heterocycles.